The van der Waals surface area contributed by atoms with Crippen molar-refractivity contribution in [3.05, 3.63) is 63.9 Å². The smallest absolute Gasteiger partial charge is 0.338 e. The Morgan fingerprint density at radius 2 is 1.83 bits per heavy atom. The van der Waals surface area contributed by atoms with Crippen LogP contribution in [-0.2, 0) is 11.3 Å². The predicted molar refractivity (Wildman–Crippen MR) is 69.8 cm³/mol. The van der Waals surface area contributed by atoms with Gasteiger partial charge in [-0.15, -0.1) is 0 Å². The molecular formula is C13H9Cl2NO2. The molecule has 18 heavy (non-hydrogen) atoms. The molecule has 3 nitrogen and oxygen atoms in total. The molecule has 0 atom stereocenters. The van der Waals surface area contributed by atoms with Crippen molar-refractivity contribution in [3.8, 4) is 0 Å². The number of ether oxygens (including phenoxy) is 1. The molecule has 0 fully saturated rings. The fraction of sp³-hybridized carbons (Fsp3) is 0.0769. The van der Waals surface area contributed by atoms with Gasteiger partial charge in [0.1, 0.15) is 6.61 Å². The Labute approximate surface area is 114 Å². The number of carbonyl (C=O) groups is 1. The van der Waals surface area contributed by atoms with Crippen LogP contribution in [0.4, 0.5) is 0 Å². The van der Waals surface area contributed by atoms with E-state index >= 15 is 0 Å². The second-order valence-corrected chi connectivity index (χ2v) is 4.37. The van der Waals surface area contributed by atoms with Gasteiger partial charge in [-0.2, -0.15) is 0 Å². The normalized spacial score (nSPS) is 10.1. The number of halogens is 2. The van der Waals surface area contributed by atoms with Crippen LogP contribution < -0.4 is 0 Å². The number of nitrogens with zero attached hydrogens (tertiary/aromatic N) is 1. The fourth-order valence-electron chi connectivity index (χ4n) is 1.35. The minimum atomic E-state index is -0.400. The zero-order valence-corrected chi connectivity index (χ0v) is 10.8. The molecule has 1 aromatic carbocycles. The lowest BCUT2D eigenvalue weighted by Crippen LogP contribution is -2.05. The molecule has 0 aliphatic heterocycles. The molecule has 0 aliphatic rings. The molecule has 5 heteroatoms. The Balaban J connectivity index is 1.99. The van der Waals surface area contributed by atoms with Crippen molar-refractivity contribution in [2.24, 2.45) is 0 Å². The van der Waals surface area contributed by atoms with Gasteiger partial charge in [-0.3, -0.25) is 4.98 Å². The molecule has 0 amide bonds. The third-order valence-corrected chi connectivity index (χ3v) is 3.01. The van der Waals surface area contributed by atoms with Gasteiger partial charge in [-0.1, -0.05) is 29.3 Å². The highest BCUT2D eigenvalue weighted by molar-refractivity contribution is 6.42. The van der Waals surface area contributed by atoms with E-state index in [2.05, 4.69) is 4.98 Å². The van der Waals surface area contributed by atoms with Crippen molar-refractivity contribution in [2.45, 2.75) is 6.61 Å². The number of esters is 1. The zero-order chi connectivity index (χ0) is 13.0. The molecule has 0 unspecified atom stereocenters. The first-order valence-corrected chi connectivity index (χ1v) is 5.93. The fourth-order valence-corrected chi connectivity index (χ4v) is 1.67. The highest BCUT2D eigenvalue weighted by Crippen LogP contribution is 2.23. The van der Waals surface area contributed by atoms with Crippen LogP contribution in [0.1, 0.15) is 15.9 Å². The van der Waals surface area contributed by atoms with Gasteiger partial charge >= 0.3 is 5.97 Å². The minimum absolute atomic E-state index is 0.151. The summed E-state index contributed by atoms with van der Waals surface area (Å²) < 4.78 is 5.14. The number of hydrogen-bond acceptors (Lipinski definition) is 3. The van der Waals surface area contributed by atoms with Gasteiger partial charge in [0.2, 0.25) is 0 Å². The molecule has 0 saturated heterocycles. The van der Waals surface area contributed by atoms with Gasteiger partial charge in [0.15, 0.2) is 0 Å². The van der Waals surface area contributed by atoms with Crippen LogP contribution in [0.5, 0.6) is 0 Å². The Morgan fingerprint density at radius 3 is 2.50 bits per heavy atom. The standard InChI is InChI=1S/C13H9Cl2NO2/c14-11-2-1-9(7-12(11)15)8-18-13(17)10-3-5-16-6-4-10/h1-7H,8H2. The van der Waals surface area contributed by atoms with Gasteiger partial charge in [-0.25, -0.2) is 4.79 Å². The molecule has 0 bridgehead atoms. The summed E-state index contributed by atoms with van der Waals surface area (Å²) >= 11 is 11.7. The van der Waals surface area contributed by atoms with Crippen molar-refractivity contribution in [1.82, 2.24) is 4.98 Å². The highest BCUT2D eigenvalue weighted by atomic mass is 35.5. The predicted octanol–water partition coefficient (Wildman–Crippen LogP) is 3.75. The van der Waals surface area contributed by atoms with E-state index in [1.165, 1.54) is 12.4 Å². The first-order chi connectivity index (χ1) is 8.66. The molecule has 92 valence electrons. The molecule has 1 aromatic heterocycles. The van der Waals surface area contributed by atoms with E-state index in [-0.39, 0.29) is 6.61 Å². The summed E-state index contributed by atoms with van der Waals surface area (Å²) in [6.45, 7) is 0.151. The van der Waals surface area contributed by atoms with Crippen molar-refractivity contribution in [3.63, 3.8) is 0 Å². The molecule has 0 spiro atoms. The van der Waals surface area contributed by atoms with Crippen molar-refractivity contribution < 1.29 is 9.53 Å². The lowest BCUT2D eigenvalue weighted by Gasteiger charge is -2.05. The van der Waals surface area contributed by atoms with Gasteiger partial charge in [0, 0.05) is 12.4 Å². The number of carbonyl (C=O) groups excluding carboxylic acids is 1. The highest BCUT2D eigenvalue weighted by Gasteiger charge is 2.07. The van der Waals surface area contributed by atoms with Crippen LogP contribution in [-0.4, -0.2) is 11.0 Å². The van der Waals surface area contributed by atoms with Gasteiger partial charge < -0.3 is 4.74 Å². The van der Waals surface area contributed by atoms with Crippen LogP contribution >= 0.6 is 23.2 Å². The zero-order valence-electron chi connectivity index (χ0n) is 9.27. The second kappa shape index (κ2) is 5.85. The number of aromatic nitrogens is 1. The Kier molecular flexibility index (Phi) is 4.18. The minimum Gasteiger partial charge on any atom is -0.457 e. The van der Waals surface area contributed by atoms with Crippen LogP contribution in [0.25, 0.3) is 0 Å². The van der Waals surface area contributed by atoms with Crippen molar-refractivity contribution in [2.75, 3.05) is 0 Å². The molecule has 0 aliphatic carbocycles. The molecule has 2 aromatic rings. The largest absolute Gasteiger partial charge is 0.457 e. The Hall–Kier alpha value is -1.58. The molecule has 0 radical (unpaired) electrons. The summed E-state index contributed by atoms with van der Waals surface area (Å²) in [4.78, 5) is 15.5. The maximum atomic E-state index is 11.7. The third-order valence-electron chi connectivity index (χ3n) is 2.27. The lowest BCUT2D eigenvalue weighted by molar-refractivity contribution is 0.0472. The second-order valence-electron chi connectivity index (χ2n) is 3.56. The van der Waals surface area contributed by atoms with Crippen LogP contribution in [0.2, 0.25) is 10.0 Å². The third kappa shape index (κ3) is 3.22. The van der Waals surface area contributed by atoms with Crippen LogP contribution in [0, 0.1) is 0 Å². The first kappa shape index (κ1) is 12.9. The van der Waals surface area contributed by atoms with Crippen LogP contribution in [0.15, 0.2) is 42.7 Å². The SMILES string of the molecule is O=C(OCc1ccc(Cl)c(Cl)c1)c1ccncc1. The average Bonchev–Trinajstić information content (AvgIpc) is 2.41. The lowest BCUT2D eigenvalue weighted by atomic mass is 10.2. The van der Waals surface area contributed by atoms with Gasteiger partial charge in [0.05, 0.1) is 15.6 Å². The summed E-state index contributed by atoms with van der Waals surface area (Å²) in [6, 6.07) is 8.28. The van der Waals surface area contributed by atoms with Crippen LogP contribution in [0.3, 0.4) is 0 Å². The van der Waals surface area contributed by atoms with E-state index in [9.17, 15) is 4.79 Å². The number of hydrogen-bond donors (Lipinski definition) is 0. The first-order valence-electron chi connectivity index (χ1n) is 5.18. The number of benzene rings is 1. The molecular weight excluding hydrogens is 273 g/mol. The summed E-state index contributed by atoms with van der Waals surface area (Å²) in [5.41, 5.74) is 1.25. The molecule has 2 rings (SSSR count). The van der Waals surface area contributed by atoms with Gasteiger partial charge in [-0.05, 0) is 29.8 Å². The Morgan fingerprint density at radius 1 is 1.11 bits per heavy atom. The quantitative estimate of drug-likeness (QED) is 0.805. The van der Waals surface area contributed by atoms with E-state index in [0.29, 0.717) is 15.6 Å². The maximum absolute atomic E-state index is 11.7. The van der Waals surface area contributed by atoms with E-state index in [4.69, 9.17) is 27.9 Å². The topological polar surface area (TPSA) is 39.2 Å². The molecule has 0 saturated carbocycles. The monoisotopic (exact) mass is 281 g/mol. The summed E-state index contributed by atoms with van der Waals surface area (Å²) in [5, 5.41) is 0.912. The van der Waals surface area contributed by atoms with E-state index in [1.54, 1.807) is 30.3 Å². The van der Waals surface area contributed by atoms with Gasteiger partial charge in [0.25, 0.3) is 0 Å². The average molecular weight is 282 g/mol. The maximum Gasteiger partial charge on any atom is 0.338 e. The van der Waals surface area contributed by atoms with E-state index in [1.807, 2.05) is 0 Å². The summed E-state index contributed by atoms with van der Waals surface area (Å²) in [5.74, 6) is -0.400. The molecule has 1 heterocycles. The number of pyridine rings is 1. The summed E-state index contributed by atoms with van der Waals surface area (Å²) in [7, 11) is 0. The number of rotatable bonds is 3. The van der Waals surface area contributed by atoms with E-state index in [0.717, 1.165) is 5.56 Å². The van der Waals surface area contributed by atoms with Crippen molar-refractivity contribution in [1.29, 1.82) is 0 Å². The summed E-state index contributed by atoms with van der Waals surface area (Å²) in [6.07, 6.45) is 3.07. The Bertz CT molecular complexity index is 558. The van der Waals surface area contributed by atoms with Crippen molar-refractivity contribution >= 4 is 29.2 Å². The van der Waals surface area contributed by atoms with E-state index < -0.39 is 5.97 Å². The molecule has 0 N–H and O–H groups in total.